The van der Waals surface area contributed by atoms with E-state index in [1.54, 1.807) is 24.3 Å². The van der Waals surface area contributed by atoms with Gasteiger partial charge >= 0.3 is 6.09 Å². The molecule has 238 valence electrons. The quantitative estimate of drug-likeness (QED) is 0.226. The Morgan fingerprint density at radius 2 is 1.84 bits per heavy atom. The molecule has 43 heavy (non-hydrogen) atoms. The van der Waals surface area contributed by atoms with E-state index in [4.69, 9.17) is 9.47 Å². The lowest BCUT2D eigenvalue weighted by atomic mass is 9.85. The standard InChI is InChI=1S/C32H48N3O7P/c1-7-23-19-32(23,43(39,40)20-22-13-8-11-17-26(22)41-21(2)3)34-28(36)25-16-12-18-35(25)29(37)27(31(4,5)6)33-30(38)42-24-14-9-10-15-24/h7-8,11,13,17,21,23-25,27H,1,9-10,12,14-16,18-20H2,2-6H3,(H,33,38)(H,34,36)(H,39,40)/t23-,25+,27-,32+/m1/s1. The van der Waals surface area contributed by atoms with Crippen molar-refractivity contribution in [2.75, 3.05) is 6.54 Å². The molecule has 3 fully saturated rings. The average Bonchev–Trinajstić information content (AvgIpc) is 3.23. The predicted molar refractivity (Wildman–Crippen MR) is 165 cm³/mol. The fourth-order valence-corrected chi connectivity index (χ4v) is 8.68. The van der Waals surface area contributed by atoms with E-state index >= 15 is 0 Å². The number of alkyl carbamates (subject to hydrolysis) is 1. The van der Waals surface area contributed by atoms with Crippen LogP contribution in [0.2, 0.25) is 0 Å². The Bertz CT molecular complexity index is 1260. The maximum atomic E-state index is 14.0. The molecule has 1 aromatic rings. The zero-order valence-electron chi connectivity index (χ0n) is 26.1. The fourth-order valence-electron chi connectivity index (χ4n) is 6.29. The summed E-state index contributed by atoms with van der Waals surface area (Å²) in [5, 5.41) is 4.31. The number of nitrogens with zero attached hydrogens (tertiary/aromatic N) is 1. The summed E-state index contributed by atoms with van der Waals surface area (Å²) in [5.41, 5.74) is -0.0561. The molecule has 5 atom stereocenters. The summed E-state index contributed by atoms with van der Waals surface area (Å²) in [6.45, 7) is 13.5. The highest BCUT2D eigenvalue weighted by molar-refractivity contribution is 7.59. The number of hydrogen-bond acceptors (Lipinski definition) is 6. The van der Waals surface area contributed by atoms with Crippen LogP contribution in [-0.2, 0) is 25.1 Å². The largest absolute Gasteiger partial charge is 0.491 e. The topological polar surface area (TPSA) is 134 Å². The molecule has 2 saturated carbocycles. The van der Waals surface area contributed by atoms with Gasteiger partial charge in [-0.1, -0.05) is 45.0 Å². The molecule has 0 spiro atoms. The third-order valence-corrected chi connectivity index (χ3v) is 11.4. The molecule has 0 radical (unpaired) electrons. The number of para-hydroxylation sites is 1. The van der Waals surface area contributed by atoms with Gasteiger partial charge in [-0.05, 0) is 70.3 Å². The lowest BCUT2D eigenvalue weighted by Gasteiger charge is -2.36. The van der Waals surface area contributed by atoms with Gasteiger partial charge in [0.1, 0.15) is 29.2 Å². The molecule has 1 aromatic carbocycles. The number of hydrogen-bond donors (Lipinski definition) is 3. The number of likely N-dealkylation sites (tertiary alicyclic amines) is 1. The lowest BCUT2D eigenvalue weighted by molar-refractivity contribution is -0.142. The molecule has 2 aliphatic carbocycles. The second kappa shape index (κ2) is 13.0. The number of nitrogens with one attached hydrogen (secondary N) is 2. The van der Waals surface area contributed by atoms with E-state index in [9.17, 15) is 23.8 Å². The van der Waals surface area contributed by atoms with Crippen molar-refractivity contribution in [3.8, 4) is 5.75 Å². The Balaban J connectivity index is 1.50. The second-order valence-corrected chi connectivity index (χ2v) is 16.1. The number of carbonyl (C=O) groups excluding carboxylic acids is 3. The summed E-state index contributed by atoms with van der Waals surface area (Å²) >= 11 is 0. The Kier molecular flexibility index (Phi) is 10.0. The molecule has 4 rings (SSSR count). The maximum Gasteiger partial charge on any atom is 0.408 e. The van der Waals surface area contributed by atoms with Crippen LogP contribution in [0.1, 0.15) is 85.1 Å². The summed E-state index contributed by atoms with van der Waals surface area (Å²) in [4.78, 5) is 53.4. The van der Waals surface area contributed by atoms with Crippen LogP contribution in [0.4, 0.5) is 4.79 Å². The van der Waals surface area contributed by atoms with Crippen LogP contribution in [0, 0.1) is 11.3 Å². The van der Waals surface area contributed by atoms with Gasteiger partial charge in [0.2, 0.25) is 19.2 Å². The van der Waals surface area contributed by atoms with Crippen molar-refractivity contribution in [3.63, 3.8) is 0 Å². The molecule has 0 bridgehead atoms. The van der Waals surface area contributed by atoms with E-state index in [1.165, 1.54) is 4.90 Å². The van der Waals surface area contributed by atoms with Crippen LogP contribution in [-0.4, -0.2) is 63.8 Å². The number of rotatable bonds is 11. The zero-order chi connectivity index (χ0) is 31.6. The minimum Gasteiger partial charge on any atom is -0.491 e. The maximum absolute atomic E-state index is 14.0. The molecule has 1 heterocycles. The van der Waals surface area contributed by atoms with E-state index in [-0.39, 0.29) is 36.6 Å². The molecule has 3 N–H and O–H groups in total. The zero-order valence-corrected chi connectivity index (χ0v) is 27.0. The third kappa shape index (κ3) is 7.46. The number of ether oxygens (including phenoxy) is 2. The van der Waals surface area contributed by atoms with Gasteiger partial charge in [-0.15, -0.1) is 6.58 Å². The van der Waals surface area contributed by atoms with E-state index < -0.39 is 42.1 Å². The number of amides is 3. The fraction of sp³-hybridized carbons (Fsp3) is 0.656. The first-order chi connectivity index (χ1) is 20.2. The van der Waals surface area contributed by atoms with E-state index in [1.807, 2.05) is 40.7 Å². The van der Waals surface area contributed by atoms with Gasteiger partial charge in [0.05, 0.1) is 12.3 Å². The third-order valence-electron chi connectivity index (χ3n) is 8.74. The van der Waals surface area contributed by atoms with E-state index in [0.29, 0.717) is 30.7 Å². The Labute approximate surface area is 255 Å². The van der Waals surface area contributed by atoms with Crippen molar-refractivity contribution in [3.05, 3.63) is 42.5 Å². The molecule has 1 aliphatic heterocycles. The van der Waals surface area contributed by atoms with Crippen molar-refractivity contribution in [2.24, 2.45) is 11.3 Å². The average molecular weight is 618 g/mol. The first kappa shape index (κ1) is 33.1. The number of benzene rings is 1. The Morgan fingerprint density at radius 3 is 2.44 bits per heavy atom. The van der Waals surface area contributed by atoms with Gasteiger partial charge in [0, 0.05) is 18.0 Å². The van der Waals surface area contributed by atoms with Crippen LogP contribution in [0.3, 0.4) is 0 Å². The minimum absolute atomic E-state index is 0.114. The molecule has 3 aliphatic rings. The van der Waals surface area contributed by atoms with Crippen LogP contribution in [0.25, 0.3) is 0 Å². The first-order valence-corrected chi connectivity index (χ1v) is 17.3. The smallest absolute Gasteiger partial charge is 0.408 e. The van der Waals surface area contributed by atoms with Gasteiger partial charge in [-0.2, -0.15) is 0 Å². The highest BCUT2D eigenvalue weighted by Crippen LogP contribution is 2.71. The normalized spacial score (nSPS) is 26.0. The molecular weight excluding hydrogens is 569 g/mol. The predicted octanol–water partition coefficient (Wildman–Crippen LogP) is 5.34. The second-order valence-electron chi connectivity index (χ2n) is 13.5. The molecule has 10 nitrogen and oxygen atoms in total. The molecule has 1 saturated heterocycles. The van der Waals surface area contributed by atoms with Crippen LogP contribution in [0.15, 0.2) is 36.9 Å². The van der Waals surface area contributed by atoms with Gasteiger partial charge in [0.15, 0.2) is 0 Å². The Morgan fingerprint density at radius 1 is 1.16 bits per heavy atom. The van der Waals surface area contributed by atoms with Gasteiger partial charge in [-0.3, -0.25) is 14.2 Å². The molecular formula is C32H48N3O7P. The van der Waals surface area contributed by atoms with Crippen molar-refractivity contribution in [1.82, 2.24) is 15.5 Å². The van der Waals surface area contributed by atoms with Crippen LogP contribution >= 0.6 is 7.37 Å². The molecule has 11 heteroatoms. The Hall–Kier alpha value is -2.84. The summed E-state index contributed by atoms with van der Waals surface area (Å²) in [6, 6.07) is 5.39. The van der Waals surface area contributed by atoms with Crippen molar-refractivity contribution < 1.29 is 33.3 Å². The summed E-state index contributed by atoms with van der Waals surface area (Å²) in [5.74, 6) is -0.697. The van der Waals surface area contributed by atoms with Crippen molar-refractivity contribution in [2.45, 2.75) is 115 Å². The van der Waals surface area contributed by atoms with Crippen LogP contribution < -0.4 is 15.4 Å². The van der Waals surface area contributed by atoms with Gasteiger partial charge < -0.3 is 29.9 Å². The van der Waals surface area contributed by atoms with E-state index in [2.05, 4.69) is 17.2 Å². The van der Waals surface area contributed by atoms with Crippen molar-refractivity contribution in [1.29, 1.82) is 0 Å². The summed E-state index contributed by atoms with van der Waals surface area (Å²) < 4.78 is 25.5. The summed E-state index contributed by atoms with van der Waals surface area (Å²) in [6.07, 6.45) is 5.48. The lowest BCUT2D eigenvalue weighted by Crippen LogP contribution is -2.58. The first-order valence-electron chi connectivity index (χ1n) is 15.5. The van der Waals surface area contributed by atoms with Crippen molar-refractivity contribution >= 4 is 25.3 Å². The highest BCUT2D eigenvalue weighted by atomic mass is 31.2. The highest BCUT2D eigenvalue weighted by Gasteiger charge is 2.65. The molecule has 3 amide bonds. The van der Waals surface area contributed by atoms with Crippen LogP contribution in [0.5, 0.6) is 5.75 Å². The minimum atomic E-state index is -4.03. The summed E-state index contributed by atoms with van der Waals surface area (Å²) in [7, 11) is -4.03. The molecule has 1 unspecified atom stereocenters. The van der Waals surface area contributed by atoms with Gasteiger partial charge in [0.25, 0.3) is 0 Å². The van der Waals surface area contributed by atoms with Gasteiger partial charge in [-0.25, -0.2) is 4.79 Å². The number of carbonyl (C=O) groups is 3. The SMILES string of the molecule is C=C[C@@H]1C[C@]1(NC(=O)[C@@H]1CCCN1C(=O)[C@@H](NC(=O)OC1CCCC1)C(C)(C)C)P(=O)(O)Cc1ccccc1OC(C)C. The monoisotopic (exact) mass is 617 g/mol. The van der Waals surface area contributed by atoms with E-state index in [0.717, 1.165) is 25.7 Å². The molecule has 0 aromatic heterocycles.